The van der Waals surface area contributed by atoms with Crippen LogP contribution in [0.25, 0.3) is 6.08 Å². The van der Waals surface area contributed by atoms with E-state index in [-0.39, 0.29) is 0 Å². The molecule has 0 aliphatic heterocycles. The molecule has 0 aliphatic carbocycles. The highest BCUT2D eigenvalue weighted by atomic mass is 35.5. The minimum Gasteiger partial charge on any atom is -0.493 e. The van der Waals surface area contributed by atoms with Crippen LogP contribution in [0.4, 0.5) is 0 Å². The van der Waals surface area contributed by atoms with Crippen molar-refractivity contribution in [1.82, 2.24) is 10.9 Å². The summed E-state index contributed by atoms with van der Waals surface area (Å²) < 4.78 is 10.6. The summed E-state index contributed by atoms with van der Waals surface area (Å²) in [6.45, 7) is 2.32. The average molecular weight is 409 g/mol. The van der Waals surface area contributed by atoms with Crippen molar-refractivity contribution in [3.63, 3.8) is 0 Å². The van der Waals surface area contributed by atoms with Crippen LogP contribution in [0.1, 0.15) is 22.8 Å². The second kappa shape index (κ2) is 9.85. The standard InChI is InChI=1S/C19H18Cl2N2O4/c1-3-27-16-9-7-12(11-17(16)26-2)19(25)23-22-18(24)10-8-13-14(20)5-4-6-15(13)21/h4-11H,3H2,1-2H3,(H,22,24)(H,23,25)/b10-8+. The van der Waals surface area contributed by atoms with Gasteiger partial charge in [0.25, 0.3) is 11.8 Å². The van der Waals surface area contributed by atoms with E-state index in [9.17, 15) is 9.59 Å². The third-order valence-electron chi connectivity index (χ3n) is 3.43. The fraction of sp³-hybridized carbons (Fsp3) is 0.158. The smallest absolute Gasteiger partial charge is 0.269 e. The van der Waals surface area contributed by atoms with Crippen molar-refractivity contribution < 1.29 is 19.1 Å². The maximum absolute atomic E-state index is 12.2. The number of carbonyl (C=O) groups is 2. The van der Waals surface area contributed by atoms with Gasteiger partial charge in [-0.15, -0.1) is 0 Å². The molecular formula is C19H18Cl2N2O4. The Labute approximate surface area is 167 Å². The summed E-state index contributed by atoms with van der Waals surface area (Å²) in [6, 6.07) is 9.73. The number of methoxy groups -OCH3 is 1. The summed E-state index contributed by atoms with van der Waals surface area (Å²) >= 11 is 12.1. The number of rotatable bonds is 6. The number of amides is 2. The Morgan fingerprint density at radius 2 is 1.78 bits per heavy atom. The zero-order chi connectivity index (χ0) is 19.8. The lowest BCUT2D eigenvalue weighted by atomic mass is 10.2. The summed E-state index contributed by atoms with van der Waals surface area (Å²) in [5.41, 5.74) is 5.41. The van der Waals surface area contributed by atoms with Crippen LogP contribution in [0.15, 0.2) is 42.5 Å². The van der Waals surface area contributed by atoms with Gasteiger partial charge in [0.15, 0.2) is 11.5 Å². The lowest BCUT2D eigenvalue weighted by Gasteiger charge is -2.11. The molecule has 0 heterocycles. The molecule has 2 rings (SSSR count). The molecule has 2 aromatic rings. The fourth-order valence-electron chi connectivity index (χ4n) is 2.14. The molecule has 2 aromatic carbocycles. The molecule has 142 valence electrons. The predicted molar refractivity (Wildman–Crippen MR) is 105 cm³/mol. The number of hydrogen-bond donors (Lipinski definition) is 2. The van der Waals surface area contributed by atoms with E-state index in [2.05, 4.69) is 10.9 Å². The van der Waals surface area contributed by atoms with E-state index in [1.165, 1.54) is 25.3 Å². The van der Waals surface area contributed by atoms with Crippen LogP contribution in [0, 0.1) is 0 Å². The molecule has 0 saturated heterocycles. The third kappa shape index (κ3) is 5.64. The summed E-state index contributed by atoms with van der Waals surface area (Å²) in [5.74, 6) is -0.102. The van der Waals surface area contributed by atoms with Crippen LogP contribution in [0.3, 0.4) is 0 Å². The molecular weight excluding hydrogens is 391 g/mol. The summed E-state index contributed by atoms with van der Waals surface area (Å²) in [7, 11) is 1.48. The minimum atomic E-state index is -0.544. The van der Waals surface area contributed by atoms with Crippen molar-refractivity contribution in [3.8, 4) is 11.5 Å². The number of halogens is 2. The zero-order valence-electron chi connectivity index (χ0n) is 14.7. The molecule has 0 radical (unpaired) electrons. The second-order valence-corrected chi connectivity index (χ2v) is 6.03. The Kier molecular flexibility index (Phi) is 7.52. The Hall–Kier alpha value is -2.70. The van der Waals surface area contributed by atoms with Crippen LogP contribution in [0.2, 0.25) is 10.0 Å². The van der Waals surface area contributed by atoms with E-state index < -0.39 is 11.8 Å². The first-order chi connectivity index (χ1) is 13.0. The van der Waals surface area contributed by atoms with Crippen LogP contribution in [-0.2, 0) is 4.79 Å². The van der Waals surface area contributed by atoms with Crippen LogP contribution < -0.4 is 20.3 Å². The Balaban J connectivity index is 1.99. The largest absolute Gasteiger partial charge is 0.493 e. The monoisotopic (exact) mass is 408 g/mol. The SMILES string of the molecule is CCOc1ccc(C(=O)NNC(=O)/C=C/c2c(Cl)cccc2Cl)cc1OC. The van der Waals surface area contributed by atoms with Gasteiger partial charge in [0.2, 0.25) is 0 Å². The molecule has 0 aliphatic rings. The van der Waals surface area contributed by atoms with E-state index >= 15 is 0 Å². The normalized spacial score (nSPS) is 10.5. The van der Waals surface area contributed by atoms with Crippen LogP contribution >= 0.6 is 23.2 Å². The van der Waals surface area contributed by atoms with E-state index in [0.717, 1.165) is 0 Å². The molecule has 0 saturated carbocycles. The van der Waals surface area contributed by atoms with Gasteiger partial charge in [-0.1, -0.05) is 29.3 Å². The van der Waals surface area contributed by atoms with Crippen molar-refractivity contribution in [2.24, 2.45) is 0 Å². The second-order valence-electron chi connectivity index (χ2n) is 5.21. The molecule has 0 fully saturated rings. The van der Waals surface area contributed by atoms with Crippen molar-refractivity contribution in [3.05, 3.63) is 63.6 Å². The highest BCUT2D eigenvalue weighted by Crippen LogP contribution is 2.28. The van der Waals surface area contributed by atoms with Crippen molar-refractivity contribution in [2.75, 3.05) is 13.7 Å². The van der Waals surface area contributed by atoms with Crippen molar-refractivity contribution >= 4 is 41.1 Å². The highest BCUT2D eigenvalue weighted by molar-refractivity contribution is 6.37. The Morgan fingerprint density at radius 3 is 2.41 bits per heavy atom. The van der Waals surface area contributed by atoms with Crippen LogP contribution in [0.5, 0.6) is 11.5 Å². The third-order valence-corrected chi connectivity index (χ3v) is 4.09. The van der Waals surface area contributed by atoms with Crippen molar-refractivity contribution in [2.45, 2.75) is 6.92 Å². The first-order valence-corrected chi connectivity index (χ1v) is 8.75. The summed E-state index contributed by atoms with van der Waals surface area (Å²) in [4.78, 5) is 24.1. The van der Waals surface area contributed by atoms with Gasteiger partial charge in [-0.3, -0.25) is 20.4 Å². The van der Waals surface area contributed by atoms with E-state index in [0.29, 0.717) is 39.3 Å². The molecule has 6 nitrogen and oxygen atoms in total. The molecule has 0 spiro atoms. The van der Waals surface area contributed by atoms with Gasteiger partial charge in [0.05, 0.1) is 13.7 Å². The molecule has 2 amide bonds. The van der Waals surface area contributed by atoms with Gasteiger partial charge in [-0.05, 0) is 43.3 Å². The molecule has 2 N–H and O–H groups in total. The highest BCUT2D eigenvalue weighted by Gasteiger charge is 2.11. The number of ether oxygens (including phenoxy) is 2. The van der Waals surface area contributed by atoms with Gasteiger partial charge < -0.3 is 9.47 Å². The van der Waals surface area contributed by atoms with Gasteiger partial charge >= 0.3 is 0 Å². The lowest BCUT2D eigenvalue weighted by Crippen LogP contribution is -2.40. The zero-order valence-corrected chi connectivity index (χ0v) is 16.2. The number of nitrogens with one attached hydrogen (secondary N) is 2. The van der Waals surface area contributed by atoms with Gasteiger partial charge in [0, 0.05) is 27.2 Å². The van der Waals surface area contributed by atoms with Gasteiger partial charge in [-0.25, -0.2) is 0 Å². The molecule has 0 atom stereocenters. The Morgan fingerprint density at radius 1 is 1.07 bits per heavy atom. The van der Waals surface area contributed by atoms with E-state index in [1.54, 1.807) is 30.3 Å². The maximum atomic E-state index is 12.2. The summed E-state index contributed by atoms with van der Waals surface area (Å²) in [6.07, 6.45) is 2.68. The van der Waals surface area contributed by atoms with Gasteiger partial charge in [0.1, 0.15) is 0 Å². The number of hydrazine groups is 1. The van der Waals surface area contributed by atoms with Crippen LogP contribution in [-0.4, -0.2) is 25.5 Å². The maximum Gasteiger partial charge on any atom is 0.269 e. The quantitative estimate of drug-likeness (QED) is 0.561. The first kappa shape index (κ1) is 20.6. The van der Waals surface area contributed by atoms with E-state index in [4.69, 9.17) is 32.7 Å². The molecule has 0 aromatic heterocycles. The van der Waals surface area contributed by atoms with Crippen molar-refractivity contribution in [1.29, 1.82) is 0 Å². The van der Waals surface area contributed by atoms with E-state index in [1.807, 2.05) is 6.92 Å². The molecule has 27 heavy (non-hydrogen) atoms. The van der Waals surface area contributed by atoms with Gasteiger partial charge in [-0.2, -0.15) is 0 Å². The predicted octanol–water partition coefficient (Wildman–Crippen LogP) is 3.88. The minimum absolute atomic E-state index is 0.300. The number of carbonyl (C=O) groups excluding carboxylic acids is 2. The first-order valence-electron chi connectivity index (χ1n) is 7.99. The lowest BCUT2D eigenvalue weighted by molar-refractivity contribution is -0.117. The Bertz CT molecular complexity index is 849. The fourth-order valence-corrected chi connectivity index (χ4v) is 2.67. The average Bonchev–Trinajstić information content (AvgIpc) is 2.66. The topological polar surface area (TPSA) is 76.7 Å². The molecule has 8 heteroatoms. The number of hydrogen-bond acceptors (Lipinski definition) is 4. The summed E-state index contributed by atoms with van der Waals surface area (Å²) in [5, 5.41) is 0.828. The molecule has 0 unspecified atom stereocenters. The number of benzene rings is 2. The molecule has 0 bridgehead atoms.